The van der Waals surface area contributed by atoms with Gasteiger partial charge in [-0.05, 0) is 0 Å². The van der Waals surface area contributed by atoms with Crippen LogP contribution in [0.15, 0.2) is 14.4 Å². The molecule has 1 saturated heterocycles. The first-order valence-electron chi connectivity index (χ1n) is 6.03. The summed E-state index contributed by atoms with van der Waals surface area (Å²) in [5.74, 6) is 0. The van der Waals surface area contributed by atoms with Gasteiger partial charge >= 0.3 is 11.4 Å². The van der Waals surface area contributed by atoms with E-state index in [1.54, 1.807) is 0 Å². The quantitative estimate of drug-likeness (QED) is 0.331. The molecule has 0 saturated carbocycles. The van der Waals surface area contributed by atoms with Crippen LogP contribution in [-0.4, -0.2) is 59.8 Å². The Bertz CT molecular complexity index is 845. The van der Waals surface area contributed by atoms with Crippen LogP contribution in [0.25, 0.3) is 11.2 Å². The van der Waals surface area contributed by atoms with Crippen molar-refractivity contribution >= 4 is 11.2 Å². The molecular formula is C10H12N4O7. The van der Waals surface area contributed by atoms with Crippen molar-refractivity contribution in [2.24, 2.45) is 0 Å². The number of ether oxygens (including phenoxy) is 1. The summed E-state index contributed by atoms with van der Waals surface area (Å²) in [7, 11) is 0. The molecule has 0 aromatic carbocycles. The number of nitrogens with zero attached hydrogens (tertiary/aromatic N) is 1. The lowest BCUT2D eigenvalue weighted by atomic mass is 10.1. The predicted octanol–water partition coefficient (Wildman–Crippen LogP) is -3.68. The van der Waals surface area contributed by atoms with Crippen molar-refractivity contribution in [1.82, 2.24) is 19.5 Å². The van der Waals surface area contributed by atoms with Gasteiger partial charge in [0.25, 0.3) is 5.56 Å². The monoisotopic (exact) mass is 300 g/mol. The summed E-state index contributed by atoms with van der Waals surface area (Å²) in [6, 6.07) is 0. The Morgan fingerprint density at radius 3 is 2.43 bits per heavy atom. The molecule has 0 radical (unpaired) electrons. The zero-order chi connectivity index (χ0) is 15.3. The zero-order valence-electron chi connectivity index (χ0n) is 10.4. The molecule has 1 aliphatic rings. The van der Waals surface area contributed by atoms with Gasteiger partial charge in [0.15, 0.2) is 17.4 Å². The molecule has 21 heavy (non-hydrogen) atoms. The molecule has 11 nitrogen and oxygen atoms in total. The Balaban J connectivity index is 2.24. The molecule has 3 heterocycles. The van der Waals surface area contributed by atoms with Crippen LogP contribution < -0.4 is 16.9 Å². The Kier molecular flexibility index (Phi) is 3.06. The van der Waals surface area contributed by atoms with Crippen molar-refractivity contribution in [1.29, 1.82) is 0 Å². The highest BCUT2D eigenvalue weighted by atomic mass is 16.6. The number of aliphatic hydroxyl groups is 3. The van der Waals surface area contributed by atoms with Crippen molar-refractivity contribution in [3.05, 3.63) is 31.3 Å². The number of aromatic amines is 3. The van der Waals surface area contributed by atoms with Crippen LogP contribution in [0, 0.1) is 0 Å². The molecule has 114 valence electrons. The third-order valence-corrected chi connectivity index (χ3v) is 3.39. The van der Waals surface area contributed by atoms with Gasteiger partial charge in [-0.1, -0.05) is 0 Å². The van der Waals surface area contributed by atoms with Crippen molar-refractivity contribution in [2.75, 3.05) is 6.61 Å². The van der Waals surface area contributed by atoms with E-state index in [1.165, 1.54) is 0 Å². The first kappa shape index (κ1) is 13.8. The molecule has 1 aliphatic heterocycles. The Hall–Kier alpha value is -2.21. The summed E-state index contributed by atoms with van der Waals surface area (Å²) in [4.78, 5) is 41.3. The lowest BCUT2D eigenvalue weighted by Gasteiger charge is -2.17. The summed E-state index contributed by atoms with van der Waals surface area (Å²) < 4.78 is 6.02. The van der Waals surface area contributed by atoms with E-state index >= 15 is 0 Å². The zero-order valence-corrected chi connectivity index (χ0v) is 10.4. The van der Waals surface area contributed by atoms with Crippen LogP contribution in [0.4, 0.5) is 0 Å². The molecule has 0 spiro atoms. The summed E-state index contributed by atoms with van der Waals surface area (Å²) >= 11 is 0. The summed E-state index contributed by atoms with van der Waals surface area (Å²) in [6.45, 7) is -0.570. The van der Waals surface area contributed by atoms with Crippen LogP contribution in [-0.2, 0) is 4.74 Å². The van der Waals surface area contributed by atoms with Crippen molar-refractivity contribution in [3.63, 3.8) is 0 Å². The Labute approximate surface area is 114 Å². The molecule has 1 unspecified atom stereocenters. The number of fused-ring (bicyclic) bond motifs is 1. The lowest BCUT2D eigenvalue weighted by Crippen LogP contribution is -2.38. The largest absolute Gasteiger partial charge is 0.394 e. The summed E-state index contributed by atoms with van der Waals surface area (Å²) in [5.41, 5.74) is -2.84. The number of aliphatic hydroxyl groups excluding tert-OH is 3. The first-order chi connectivity index (χ1) is 9.93. The number of imidazole rings is 1. The van der Waals surface area contributed by atoms with Gasteiger partial charge in [-0.3, -0.25) is 19.7 Å². The van der Waals surface area contributed by atoms with Gasteiger partial charge in [0, 0.05) is 0 Å². The topological polar surface area (TPSA) is 173 Å². The number of hydrogen-bond donors (Lipinski definition) is 6. The Morgan fingerprint density at radius 1 is 1.10 bits per heavy atom. The van der Waals surface area contributed by atoms with E-state index in [1.807, 2.05) is 4.98 Å². The van der Waals surface area contributed by atoms with Gasteiger partial charge in [0.2, 0.25) is 0 Å². The van der Waals surface area contributed by atoms with Gasteiger partial charge < -0.3 is 20.1 Å². The average molecular weight is 300 g/mol. The van der Waals surface area contributed by atoms with E-state index in [4.69, 9.17) is 9.84 Å². The van der Waals surface area contributed by atoms with Crippen LogP contribution >= 0.6 is 0 Å². The van der Waals surface area contributed by atoms with E-state index in [2.05, 4.69) is 9.97 Å². The van der Waals surface area contributed by atoms with E-state index in [0.29, 0.717) is 0 Å². The highest BCUT2D eigenvalue weighted by Gasteiger charge is 2.44. The van der Waals surface area contributed by atoms with Crippen molar-refractivity contribution in [3.8, 4) is 0 Å². The summed E-state index contributed by atoms with van der Waals surface area (Å²) in [6.07, 6.45) is -5.40. The van der Waals surface area contributed by atoms with Crippen LogP contribution in [0.5, 0.6) is 0 Å². The van der Waals surface area contributed by atoms with Crippen LogP contribution in [0.2, 0.25) is 0 Å². The van der Waals surface area contributed by atoms with Gasteiger partial charge in [-0.15, -0.1) is 0 Å². The van der Waals surface area contributed by atoms with Crippen LogP contribution in [0.1, 0.15) is 6.23 Å². The van der Waals surface area contributed by atoms with Crippen molar-refractivity contribution < 1.29 is 20.1 Å². The second kappa shape index (κ2) is 4.66. The second-order valence-corrected chi connectivity index (χ2v) is 4.66. The molecule has 0 aliphatic carbocycles. The molecule has 3 rings (SSSR count). The van der Waals surface area contributed by atoms with Crippen LogP contribution in [0.3, 0.4) is 0 Å². The second-order valence-electron chi connectivity index (χ2n) is 4.66. The van der Waals surface area contributed by atoms with E-state index in [9.17, 15) is 24.6 Å². The molecule has 6 N–H and O–H groups in total. The Morgan fingerprint density at radius 2 is 1.81 bits per heavy atom. The number of H-pyrrole nitrogens is 3. The SMILES string of the molecule is O=c1[nH]c2c(=O)[nH]c(=O)n(C3O[C@H](CO)[C@@H](O)[C@H]3O)c2[nH]1. The maximum absolute atomic E-state index is 11.9. The van der Waals surface area contributed by atoms with E-state index in [0.717, 1.165) is 4.57 Å². The number of rotatable bonds is 2. The fourth-order valence-corrected chi connectivity index (χ4v) is 2.38. The predicted molar refractivity (Wildman–Crippen MR) is 66.8 cm³/mol. The van der Waals surface area contributed by atoms with Gasteiger partial charge in [-0.25, -0.2) is 14.2 Å². The van der Waals surface area contributed by atoms with E-state index in [-0.39, 0.29) is 11.2 Å². The molecule has 2 aromatic rings. The molecule has 1 fully saturated rings. The van der Waals surface area contributed by atoms with Crippen molar-refractivity contribution in [2.45, 2.75) is 24.5 Å². The maximum atomic E-state index is 11.9. The third kappa shape index (κ3) is 1.94. The van der Waals surface area contributed by atoms with E-state index < -0.39 is 48.1 Å². The fraction of sp³-hybridized carbons (Fsp3) is 0.500. The maximum Gasteiger partial charge on any atom is 0.332 e. The minimum atomic E-state index is -1.52. The molecule has 11 heteroatoms. The first-order valence-corrected chi connectivity index (χ1v) is 6.03. The molecule has 0 bridgehead atoms. The third-order valence-electron chi connectivity index (χ3n) is 3.39. The fourth-order valence-electron chi connectivity index (χ4n) is 2.38. The highest BCUT2D eigenvalue weighted by molar-refractivity contribution is 5.68. The molecule has 0 amide bonds. The van der Waals surface area contributed by atoms with Gasteiger partial charge in [-0.2, -0.15) is 0 Å². The molecule has 4 atom stereocenters. The minimum Gasteiger partial charge on any atom is -0.394 e. The number of aromatic nitrogens is 4. The highest BCUT2D eigenvalue weighted by Crippen LogP contribution is 2.29. The lowest BCUT2D eigenvalue weighted by molar-refractivity contribution is -0.0530. The molecule has 2 aromatic heterocycles. The standard InChI is InChI=1S/C10H12N4O7/c15-1-2-4(16)5(17)8(21-2)14-6-3(11-9(19)12-6)7(18)13-10(14)20/h2,4-5,8,15-17H,1H2,(H2,11,12,19)(H,13,18,20)/t2-,4-,5-,8?/m1/s1. The minimum absolute atomic E-state index is 0.177. The number of hydrogen-bond acceptors (Lipinski definition) is 7. The van der Waals surface area contributed by atoms with Gasteiger partial charge in [0.05, 0.1) is 6.61 Å². The summed E-state index contributed by atoms with van der Waals surface area (Å²) in [5, 5.41) is 28.7. The normalized spacial score (nSPS) is 29.3. The van der Waals surface area contributed by atoms with Gasteiger partial charge in [0.1, 0.15) is 18.3 Å². The number of nitrogens with one attached hydrogen (secondary N) is 3. The molecular weight excluding hydrogens is 288 g/mol. The average Bonchev–Trinajstić information content (AvgIpc) is 2.94. The smallest absolute Gasteiger partial charge is 0.332 e.